The van der Waals surface area contributed by atoms with Crippen LogP contribution in [0.3, 0.4) is 0 Å². The summed E-state index contributed by atoms with van der Waals surface area (Å²) in [6, 6.07) is 0.0162. The van der Waals surface area contributed by atoms with Crippen LogP contribution in [-0.2, 0) is 4.79 Å². The molecule has 8 nitrogen and oxygen atoms in total. The number of nitrogens with one attached hydrogen (secondary N) is 2. The zero-order valence-electron chi connectivity index (χ0n) is 15.0. The number of aromatic nitrogens is 3. The topological polar surface area (TPSA) is 106 Å². The van der Waals surface area contributed by atoms with Gasteiger partial charge in [-0.15, -0.1) is 0 Å². The lowest BCUT2D eigenvalue weighted by Gasteiger charge is -2.19. The number of hydrazine groups is 1. The van der Waals surface area contributed by atoms with Crippen LogP contribution in [0.15, 0.2) is 16.1 Å². The summed E-state index contributed by atoms with van der Waals surface area (Å²) in [5, 5.41) is 1.25. The highest BCUT2D eigenvalue weighted by molar-refractivity contribution is 7.98. The van der Waals surface area contributed by atoms with Gasteiger partial charge in [-0.25, -0.2) is 9.97 Å². The van der Waals surface area contributed by atoms with Crippen molar-refractivity contribution < 1.29 is 9.59 Å². The number of thioether (sulfide) groups is 1. The lowest BCUT2D eigenvalue weighted by Crippen LogP contribution is -2.44. The Labute approximate surface area is 154 Å². The monoisotopic (exact) mass is 375 g/mol. The number of nitrogens with zero attached hydrogens (tertiary/aromatic N) is 3. The van der Waals surface area contributed by atoms with E-state index in [0.29, 0.717) is 21.8 Å². The minimum absolute atomic E-state index is 0.0126. The molecule has 9 heteroatoms. The van der Waals surface area contributed by atoms with Crippen LogP contribution in [0, 0.1) is 6.92 Å². The lowest BCUT2D eigenvalue weighted by molar-refractivity contribution is -0.119. The van der Waals surface area contributed by atoms with Gasteiger partial charge in [0.15, 0.2) is 5.16 Å². The number of fused-ring (bicyclic) bond motifs is 1. The number of pyridine rings is 1. The SMILES string of the molecule is CSc1ncc2c(C)c(C(=O)NNC(C)=O)c(=O)n(C3CCCC3)c2n1. The molecule has 2 aromatic rings. The van der Waals surface area contributed by atoms with E-state index in [4.69, 9.17) is 0 Å². The molecule has 0 unspecified atom stereocenters. The number of amides is 2. The maximum Gasteiger partial charge on any atom is 0.275 e. The highest BCUT2D eigenvalue weighted by Crippen LogP contribution is 2.31. The Morgan fingerprint density at radius 3 is 2.58 bits per heavy atom. The standard InChI is InChI=1S/C17H21N5O3S/c1-9-12-8-18-17(26-3)19-14(12)22(11-6-4-5-7-11)16(25)13(9)15(24)21-20-10(2)23/h8,11H,4-7H2,1-3H3,(H,20,23)(H,21,24). The summed E-state index contributed by atoms with van der Waals surface area (Å²) in [5.41, 5.74) is 5.23. The molecule has 0 spiro atoms. The average molecular weight is 375 g/mol. The first-order valence-corrected chi connectivity index (χ1v) is 9.69. The summed E-state index contributed by atoms with van der Waals surface area (Å²) in [6.07, 6.45) is 7.37. The van der Waals surface area contributed by atoms with E-state index >= 15 is 0 Å². The fourth-order valence-corrected chi connectivity index (χ4v) is 3.73. The molecule has 1 saturated carbocycles. The van der Waals surface area contributed by atoms with Crippen LogP contribution in [-0.4, -0.2) is 32.6 Å². The van der Waals surface area contributed by atoms with Crippen molar-refractivity contribution in [3.63, 3.8) is 0 Å². The highest BCUT2D eigenvalue weighted by atomic mass is 32.2. The Balaban J connectivity index is 2.24. The van der Waals surface area contributed by atoms with Crippen LogP contribution in [0.1, 0.15) is 54.6 Å². The van der Waals surface area contributed by atoms with E-state index in [1.54, 1.807) is 17.7 Å². The summed E-state index contributed by atoms with van der Waals surface area (Å²) in [4.78, 5) is 45.7. The Kier molecular flexibility index (Phi) is 5.26. The van der Waals surface area contributed by atoms with Crippen molar-refractivity contribution in [2.75, 3.05) is 6.26 Å². The van der Waals surface area contributed by atoms with Crippen LogP contribution in [0.5, 0.6) is 0 Å². The molecule has 0 radical (unpaired) electrons. The quantitative estimate of drug-likeness (QED) is 0.481. The number of rotatable bonds is 3. The number of carbonyl (C=O) groups excluding carboxylic acids is 2. The number of hydrogen-bond acceptors (Lipinski definition) is 6. The van der Waals surface area contributed by atoms with Crippen molar-refractivity contribution in [2.45, 2.75) is 50.7 Å². The van der Waals surface area contributed by atoms with Crippen molar-refractivity contribution in [2.24, 2.45) is 0 Å². The van der Waals surface area contributed by atoms with Crippen LogP contribution >= 0.6 is 11.8 Å². The third-order valence-electron chi connectivity index (χ3n) is 4.64. The lowest BCUT2D eigenvalue weighted by atomic mass is 10.1. The van der Waals surface area contributed by atoms with Gasteiger partial charge in [-0.1, -0.05) is 24.6 Å². The van der Waals surface area contributed by atoms with Gasteiger partial charge in [-0.3, -0.25) is 29.8 Å². The van der Waals surface area contributed by atoms with Gasteiger partial charge in [0.25, 0.3) is 11.5 Å². The fraction of sp³-hybridized carbons (Fsp3) is 0.471. The van der Waals surface area contributed by atoms with Gasteiger partial charge < -0.3 is 0 Å². The maximum absolute atomic E-state index is 13.2. The minimum atomic E-state index is -0.634. The van der Waals surface area contributed by atoms with E-state index in [0.717, 1.165) is 25.7 Å². The van der Waals surface area contributed by atoms with E-state index in [2.05, 4.69) is 20.8 Å². The van der Waals surface area contributed by atoms with Gasteiger partial charge in [0.1, 0.15) is 11.2 Å². The van der Waals surface area contributed by atoms with E-state index in [1.165, 1.54) is 18.7 Å². The molecule has 0 aliphatic heterocycles. The molecule has 2 heterocycles. The summed E-state index contributed by atoms with van der Waals surface area (Å²) in [5.74, 6) is -1.05. The zero-order chi connectivity index (χ0) is 18.8. The van der Waals surface area contributed by atoms with Crippen LogP contribution in [0.25, 0.3) is 11.0 Å². The smallest absolute Gasteiger partial charge is 0.275 e. The molecular weight excluding hydrogens is 354 g/mol. The first-order chi connectivity index (χ1) is 12.4. The molecule has 2 aromatic heterocycles. The summed E-state index contributed by atoms with van der Waals surface area (Å²) >= 11 is 1.40. The molecule has 1 aliphatic rings. The molecule has 1 aliphatic carbocycles. The van der Waals surface area contributed by atoms with Gasteiger partial charge >= 0.3 is 0 Å². The number of carbonyl (C=O) groups is 2. The van der Waals surface area contributed by atoms with E-state index in [1.807, 2.05) is 6.26 Å². The third kappa shape index (κ3) is 3.31. The van der Waals surface area contributed by atoms with Crippen molar-refractivity contribution in [3.05, 3.63) is 27.7 Å². The predicted octanol–water partition coefficient (Wildman–Crippen LogP) is 1.72. The molecular formula is C17H21N5O3S. The van der Waals surface area contributed by atoms with Crippen molar-refractivity contribution in [1.29, 1.82) is 0 Å². The Morgan fingerprint density at radius 1 is 1.27 bits per heavy atom. The van der Waals surface area contributed by atoms with Crippen molar-refractivity contribution in [1.82, 2.24) is 25.4 Å². The Hall–Kier alpha value is -2.42. The predicted molar refractivity (Wildman–Crippen MR) is 99.1 cm³/mol. The van der Waals surface area contributed by atoms with E-state index in [-0.39, 0.29) is 17.2 Å². The van der Waals surface area contributed by atoms with Gasteiger partial charge in [-0.05, 0) is 31.6 Å². The first-order valence-electron chi connectivity index (χ1n) is 8.46. The van der Waals surface area contributed by atoms with Crippen molar-refractivity contribution >= 4 is 34.6 Å². The second kappa shape index (κ2) is 7.45. The largest absolute Gasteiger partial charge is 0.289 e. The fourth-order valence-electron chi connectivity index (χ4n) is 3.39. The van der Waals surface area contributed by atoms with Crippen LogP contribution < -0.4 is 16.4 Å². The van der Waals surface area contributed by atoms with Crippen LogP contribution in [0.4, 0.5) is 0 Å². The molecule has 2 amide bonds. The molecule has 0 aromatic carbocycles. The second-order valence-electron chi connectivity index (χ2n) is 6.34. The summed E-state index contributed by atoms with van der Waals surface area (Å²) in [7, 11) is 0. The van der Waals surface area contributed by atoms with Gasteiger partial charge in [-0.2, -0.15) is 0 Å². The van der Waals surface area contributed by atoms with Gasteiger partial charge in [0.05, 0.1) is 0 Å². The summed E-state index contributed by atoms with van der Waals surface area (Å²) in [6.45, 7) is 2.98. The number of hydrogen-bond donors (Lipinski definition) is 2. The van der Waals surface area contributed by atoms with Crippen LogP contribution in [0.2, 0.25) is 0 Å². The summed E-state index contributed by atoms with van der Waals surface area (Å²) < 4.78 is 1.64. The van der Waals surface area contributed by atoms with Gasteiger partial charge in [0, 0.05) is 24.5 Å². The Morgan fingerprint density at radius 2 is 1.96 bits per heavy atom. The Bertz CT molecular complexity index is 934. The zero-order valence-corrected chi connectivity index (χ0v) is 15.8. The third-order valence-corrected chi connectivity index (χ3v) is 5.20. The molecule has 0 saturated heterocycles. The number of aryl methyl sites for hydroxylation is 1. The molecule has 0 atom stereocenters. The second-order valence-corrected chi connectivity index (χ2v) is 7.12. The average Bonchev–Trinajstić information content (AvgIpc) is 3.13. The van der Waals surface area contributed by atoms with E-state index < -0.39 is 11.8 Å². The minimum Gasteiger partial charge on any atom is -0.289 e. The normalized spacial score (nSPS) is 14.6. The molecule has 0 bridgehead atoms. The molecule has 2 N–H and O–H groups in total. The molecule has 138 valence electrons. The van der Waals surface area contributed by atoms with Gasteiger partial charge in [0.2, 0.25) is 5.91 Å². The maximum atomic E-state index is 13.2. The highest BCUT2D eigenvalue weighted by Gasteiger charge is 2.27. The molecule has 26 heavy (non-hydrogen) atoms. The molecule has 1 fully saturated rings. The first kappa shape index (κ1) is 18.4. The van der Waals surface area contributed by atoms with E-state index in [9.17, 15) is 14.4 Å². The molecule has 3 rings (SSSR count). The van der Waals surface area contributed by atoms with Crippen molar-refractivity contribution in [3.8, 4) is 0 Å².